The molecule has 1 saturated heterocycles. The van der Waals surface area contributed by atoms with Crippen LogP contribution in [0.5, 0.6) is 0 Å². The molecule has 0 unspecified atom stereocenters. The Labute approximate surface area is 123 Å². The number of hydrogen-bond acceptors (Lipinski definition) is 4. The summed E-state index contributed by atoms with van der Waals surface area (Å²) >= 11 is 0. The average Bonchev–Trinajstić information content (AvgIpc) is 3.08. The van der Waals surface area contributed by atoms with Gasteiger partial charge in [-0.3, -0.25) is 9.78 Å². The Balaban J connectivity index is 1.55. The second kappa shape index (κ2) is 6.47. The molecule has 0 N–H and O–H groups in total. The van der Waals surface area contributed by atoms with Crippen LogP contribution in [0, 0.1) is 0 Å². The first-order chi connectivity index (χ1) is 10.3. The number of hydrogen-bond donors (Lipinski definition) is 0. The molecule has 0 aromatic carbocycles. The molecule has 6 nitrogen and oxygen atoms in total. The Kier molecular flexibility index (Phi) is 4.23. The number of nitrogens with zero attached hydrogens (tertiary/aromatic N) is 5. The fraction of sp³-hybridized carbons (Fsp3) is 0.467. The van der Waals surface area contributed by atoms with Gasteiger partial charge in [0.15, 0.2) is 0 Å². The van der Waals surface area contributed by atoms with E-state index in [0.29, 0.717) is 6.42 Å². The molecule has 0 bridgehead atoms. The van der Waals surface area contributed by atoms with Gasteiger partial charge in [0.2, 0.25) is 5.91 Å². The lowest BCUT2D eigenvalue weighted by Gasteiger charge is -2.32. The van der Waals surface area contributed by atoms with Crippen LogP contribution in [-0.4, -0.2) is 43.6 Å². The van der Waals surface area contributed by atoms with Crippen molar-refractivity contribution in [3.05, 3.63) is 42.7 Å². The normalized spacial score (nSPS) is 18.7. The Hall–Kier alpha value is -2.24. The van der Waals surface area contributed by atoms with Crippen molar-refractivity contribution >= 4 is 5.91 Å². The minimum absolute atomic E-state index is 0.212. The first kappa shape index (κ1) is 13.7. The van der Waals surface area contributed by atoms with Crippen LogP contribution in [0.4, 0.5) is 0 Å². The van der Waals surface area contributed by atoms with Gasteiger partial charge < -0.3 is 4.90 Å². The van der Waals surface area contributed by atoms with Gasteiger partial charge in [0, 0.05) is 31.9 Å². The molecule has 2 aromatic heterocycles. The van der Waals surface area contributed by atoms with Crippen molar-refractivity contribution in [2.75, 3.05) is 13.1 Å². The van der Waals surface area contributed by atoms with Crippen LogP contribution >= 0.6 is 0 Å². The van der Waals surface area contributed by atoms with Crippen LogP contribution in [0.15, 0.2) is 37.2 Å². The molecule has 3 rings (SSSR count). The second-order valence-electron chi connectivity index (χ2n) is 5.37. The molecule has 3 heterocycles. The van der Waals surface area contributed by atoms with E-state index in [1.807, 2.05) is 27.9 Å². The molecular weight excluding hydrogens is 266 g/mol. The lowest BCUT2D eigenvalue weighted by Crippen LogP contribution is -2.40. The van der Waals surface area contributed by atoms with E-state index in [1.165, 1.54) is 0 Å². The van der Waals surface area contributed by atoms with Crippen molar-refractivity contribution in [1.29, 1.82) is 0 Å². The number of carbonyl (C=O) groups is 1. The maximum absolute atomic E-state index is 12.3. The van der Waals surface area contributed by atoms with Crippen molar-refractivity contribution in [2.24, 2.45) is 0 Å². The van der Waals surface area contributed by atoms with Gasteiger partial charge in [-0.15, -0.1) is 0 Å². The highest BCUT2D eigenvalue weighted by Gasteiger charge is 2.24. The first-order valence-electron chi connectivity index (χ1n) is 7.34. The minimum Gasteiger partial charge on any atom is -0.341 e. The molecule has 1 atom stereocenters. The van der Waals surface area contributed by atoms with Crippen molar-refractivity contribution in [2.45, 2.75) is 31.7 Å². The van der Waals surface area contributed by atoms with E-state index in [4.69, 9.17) is 0 Å². The van der Waals surface area contributed by atoms with Crippen molar-refractivity contribution in [3.8, 4) is 0 Å². The number of piperidine rings is 1. The summed E-state index contributed by atoms with van der Waals surface area (Å²) in [5.74, 6) is 0.212. The van der Waals surface area contributed by atoms with Gasteiger partial charge in [0.05, 0.1) is 6.04 Å². The fourth-order valence-electron chi connectivity index (χ4n) is 2.76. The summed E-state index contributed by atoms with van der Waals surface area (Å²) in [6.07, 6.45) is 10.2. The lowest BCUT2D eigenvalue weighted by molar-refractivity contribution is -0.132. The average molecular weight is 285 g/mol. The zero-order valence-corrected chi connectivity index (χ0v) is 11.9. The van der Waals surface area contributed by atoms with Crippen molar-refractivity contribution in [3.63, 3.8) is 0 Å². The van der Waals surface area contributed by atoms with Crippen molar-refractivity contribution < 1.29 is 4.79 Å². The molecule has 2 aromatic rings. The van der Waals surface area contributed by atoms with Gasteiger partial charge in [0.25, 0.3) is 0 Å². The van der Waals surface area contributed by atoms with Crippen LogP contribution in [0.1, 0.15) is 30.9 Å². The third-order valence-electron chi connectivity index (χ3n) is 3.91. The van der Waals surface area contributed by atoms with Gasteiger partial charge in [0.1, 0.15) is 12.7 Å². The highest BCUT2D eigenvalue weighted by Crippen LogP contribution is 2.21. The molecule has 1 amide bonds. The van der Waals surface area contributed by atoms with Crippen molar-refractivity contribution in [1.82, 2.24) is 24.6 Å². The third-order valence-corrected chi connectivity index (χ3v) is 3.91. The van der Waals surface area contributed by atoms with Gasteiger partial charge in [-0.2, -0.15) is 5.10 Å². The fourth-order valence-corrected chi connectivity index (χ4v) is 2.76. The highest BCUT2D eigenvalue weighted by molar-refractivity contribution is 5.76. The number of rotatable bonds is 4. The Morgan fingerprint density at radius 3 is 3.10 bits per heavy atom. The molecule has 110 valence electrons. The monoisotopic (exact) mass is 285 g/mol. The maximum atomic E-state index is 12.3. The number of aryl methyl sites for hydroxylation is 1. The topological polar surface area (TPSA) is 63.9 Å². The molecule has 1 aliphatic rings. The largest absolute Gasteiger partial charge is 0.341 e. The number of carbonyl (C=O) groups excluding carboxylic acids is 1. The quantitative estimate of drug-likeness (QED) is 0.853. The van der Waals surface area contributed by atoms with E-state index in [-0.39, 0.29) is 11.9 Å². The van der Waals surface area contributed by atoms with Crippen LogP contribution in [0.2, 0.25) is 0 Å². The zero-order chi connectivity index (χ0) is 14.5. The van der Waals surface area contributed by atoms with Crippen LogP contribution in [0.25, 0.3) is 0 Å². The SMILES string of the molecule is O=C(CCc1cccnc1)N1CCC[C@H](n2cncn2)C1. The summed E-state index contributed by atoms with van der Waals surface area (Å²) in [5, 5.41) is 4.19. The summed E-state index contributed by atoms with van der Waals surface area (Å²) in [6.45, 7) is 1.58. The molecule has 6 heteroatoms. The van der Waals surface area contributed by atoms with E-state index in [0.717, 1.165) is 37.9 Å². The molecule has 0 saturated carbocycles. The molecular formula is C15H19N5O. The molecule has 1 aliphatic heterocycles. The first-order valence-corrected chi connectivity index (χ1v) is 7.34. The molecule has 0 radical (unpaired) electrons. The number of pyridine rings is 1. The van der Waals surface area contributed by atoms with Crippen LogP contribution < -0.4 is 0 Å². The number of aromatic nitrogens is 4. The smallest absolute Gasteiger partial charge is 0.222 e. The van der Waals surface area contributed by atoms with Gasteiger partial charge >= 0.3 is 0 Å². The van der Waals surface area contributed by atoms with Crippen LogP contribution in [0.3, 0.4) is 0 Å². The summed E-state index contributed by atoms with van der Waals surface area (Å²) < 4.78 is 1.86. The molecule has 0 spiro atoms. The summed E-state index contributed by atoms with van der Waals surface area (Å²) in [6, 6.07) is 4.17. The zero-order valence-electron chi connectivity index (χ0n) is 11.9. The maximum Gasteiger partial charge on any atom is 0.222 e. The van der Waals surface area contributed by atoms with Gasteiger partial charge in [-0.25, -0.2) is 9.67 Å². The number of amides is 1. The van der Waals surface area contributed by atoms with E-state index in [9.17, 15) is 4.79 Å². The standard InChI is InChI=1S/C15H19N5O/c21-15(6-5-13-3-1-7-16-9-13)19-8-2-4-14(10-19)20-12-17-11-18-20/h1,3,7,9,11-12,14H,2,4-6,8,10H2/t14-/m0/s1. The Morgan fingerprint density at radius 2 is 2.33 bits per heavy atom. The molecule has 21 heavy (non-hydrogen) atoms. The Morgan fingerprint density at radius 1 is 1.38 bits per heavy atom. The Bertz CT molecular complexity index is 569. The van der Waals surface area contributed by atoms with Gasteiger partial charge in [-0.1, -0.05) is 6.07 Å². The van der Waals surface area contributed by atoms with E-state index < -0.39 is 0 Å². The third kappa shape index (κ3) is 3.45. The predicted octanol–water partition coefficient (Wildman–Crippen LogP) is 1.47. The molecule has 0 aliphatic carbocycles. The van der Waals surface area contributed by atoms with Gasteiger partial charge in [-0.05, 0) is 30.9 Å². The predicted molar refractivity (Wildman–Crippen MR) is 77.4 cm³/mol. The summed E-state index contributed by atoms with van der Waals surface area (Å²) in [5.41, 5.74) is 1.11. The second-order valence-corrected chi connectivity index (χ2v) is 5.37. The summed E-state index contributed by atoms with van der Waals surface area (Å²) in [7, 11) is 0. The minimum atomic E-state index is 0.212. The molecule has 1 fully saturated rings. The van der Waals surface area contributed by atoms with E-state index in [1.54, 1.807) is 18.9 Å². The lowest BCUT2D eigenvalue weighted by atomic mass is 10.0. The summed E-state index contributed by atoms with van der Waals surface area (Å²) in [4.78, 5) is 22.4. The van der Waals surface area contributed by atoms with Crippen LogP contribution in [-0.2, 0) is 11.2 Å². The van der Waals surface area contributed by atoms with E-state index in [2.05, 4.69) is 15.1 Å². The highest BCUT2D eigenvalue weighted by atomic mass is 16.2. The van der Waals surface area contributed by atoms with E-state index >= 15 is 0 Å². The number of likely N-dealkylation sites (tertiary alicyclic amines) is 1.